The summed E-state index contributed by atoms with van der Waals surface area (Å²) in [6.45, 7) is 6.06. The normalized spacial score (nSPS) is 17.7. The summed E-state index contributed by atoms with van der Waals surface area (Å²) >= 11 is 0. The van der Waals surface area contributed by atoms with E-state index in [2.05, 4.69) is 47.1 Å². The van der Waals surface area contributed by atoms with Crippen molar-refractivity contribution in [2.45, 2.75) is 51.7 Å². The molecule has 0 spiro atoms. The molecule has 1 saturated heterocycles. The zero-order chi connectivity index (χ0) is 19.2. The second-order valence-electron chi connectivity index (χ2n) is 7.58. The Morgan fingerprint density at radius 3 is 2.78 bits per heavy atom. The van der Waals surface area contributed by atoms with E-state index in [0.29, 0.717) is 6.04 Å². The molecule has 5 nitrogen and oxygen atoms in total. The summed E-state index contributed by atoms with van der Waals surface area (Å²) in [4.78, 5) is 21.6. The highest BCUT2D eigenvalue weighted by molar-refractivity contribution is 5.95. The SMILES string of the molecule is CC(C)N(C)c1cccc(NC(=O)[C@@H]2CCCCN2Cc2ccncc2)c1. The van der Waals surface area contributed by atoms with Gasteiger partial charge < -0.3 is 10.2 Å². The van der Waals surface area contributed by atoms with Crippen molar-refractivity contribution in [3.05, 3.63) is 54.4 Å². The maximum Gasteiger partial charge on any atom is 0.241 e. The van der Waals surface area contributed by atoms with Gasteiger partial charge in [-0.1, -0.05) is 12.5 Å². The van der Waals surface area contributed by atoms with Gasteiger partial charge in [0.1, 0.15) is 0 Å². The highest BCUT2D eigenvalue weighted by Crippen LogP contribution is 2.23. The third-order valence-electron chi connectivity index (χ3n) is 5.35. The van der Waals surface area contributed by atoms with Crippen LogP contribution in [0.3, 0.4) is 0 Å². The maximum absolute atomic E-state index is 13.0. The van der Waals surface area contributed by atoms with E-state index >= 15 is 0 Å². The third-order valence-corrected chi connectivity index (χ3v) is 5.35. The van der Waals surface area contributed by atoms with E-state index in [9.17, 15) is 4.79 Å². The molecule has 2 heterocycles. The Labute approximate surface area is 162 Å². The van der Waals surface area contributed by atoms with Crippen molar-refractivity contribution in [1.29, 1.82) is 0 Å². The van der Waals surface area contributed by atoms with E-state index in [1.807, 2.05) is 42.7 Å². The number of carbonyl (C=O) groups excluding carboxylic acids is 1. The van der Waals surface area contributed by atoms with Crippen LogP contribution < -0.4 is 10.2 Å². The van der Waals surface area contributed by atoms with Crippen LogP contribution in [0.1, 0.15) is 38.7 Å². The van der Waals surface area contributed by atoms with Crippen molar-refractivity contribution < 1.29 is 4.79 Å². The number of pyridine rings is 1. The minimum Gasteiger partial charge on any atom is -0.372 e. The molecular formula is C22H30N4O. The van der Waals surface area contributed by atoms with Gasteiger partial charge in [0.2, 0.25) is 5.91 Å². The Morgan fingerprint density at radius 1 is 1.26 bits per heavy atom. The van der Waals surface area contributed by atoms with Crippen molar-refractivity contribution >= 4 is 17.3 Å². The van der Waals surface area contributed by atoms with Crippen molar-refractivity contribution in [2.24, 2.45) is 0 Å². The molecule has 0 saturated carbocycles. The molecule has 0 radical (unpaired) electrons. The average molecular weight is 367 g/mol. The highest BCUT2D eigenvalue weighted by Gasteiger charge is 2.28. The molecule has 2 aromatic rings. The quantitative estimate of drug-likeness (QED) is 0.842. The summed E-state index contributed by atoms with van der Waals surface area (Å²) in [6, 6.07) is 12.5. The van der Waals surface area contributed by atoms with Crippen LogP contribution in [-0.2, 0) is 11.3 Å². The average Bonchev–Trinajstić information content (AvgIpc) is 2.68. The minimum atomic E-state index is -0.0848. The van der Waals surface area contributed by atoms with Crippen LogP contribution in [0.4, 0.5) is 11.4 Å². The first kappa shape index (κ1) is 19.4. The Hall–Kier alpha value is -2.40. The van der Waals surface area contributed by atoms with E-state index < -0.39 is 0 Å². The van der Waals surface area contributed by atoms with Gasteiger partial charge in [-0.25, -0.2) is 0 Å². The molecule has 5 heteroatoms. The van der Waals surface area contributed by atoms with Gasteiger partial charge in [0.25, 0.3) is 0 Å². The summed E-state index contributed by atoms with van der Waals surface area (Å²) in [5.74, 6) is 0.0908. The number of nitrogens with one attached hydrogen (secondary N) is 1. The molecule has 1 amide bonds. The van der Waals surface area contributed by atoms with Crippen molar-refractivity contribution in [3.63, 3.8) is 0 Å². The summed E-state index contributed by atoms with van der Waals surface area (Å²) in [5, 5.41) is 3.14. The number of hydrogen-bond donors (Lipinski definition) is 1. The largest absolute Gasteiger partial charge is 0.372 e. The molecule has 0 aliphatic carbocycles. The van der Waals surface area contributed by atoms with E-state index in [0.717, 1.165) is 43.7 Å². The van der Waals surface area contributed by atoms with Gasteiger partial charge in [-0.05, 0) is 69.1 Å². The first-order valence-corrected chi connectivity index (χ1v) is 9.81. The van der Waals surface area contributed by atoms with Gasteiger partial charge in [0.15, 0.2) is 0 Å². The van der Waals surface area contributed by atoms with Crippen LogP contribution in [0, 0.1) is 0 Å². The lowest BCUT2D eigenvalue weighted by atomic mass is 10.0. The standard InChI is InChI=1S/C22H30N4O/c1-17(2)25(3)20-8-6-7-19(15-20)24-22(27)21-9-4-5-14-26(21)16-18-10-12-23-13-11-18/h6-8,10-13,15,17,21H,4-5,9,14,16H2,1-3H3,(H,24,27)/t21-/m0/s1. The lowest BCUT2D eigenvalue weighted by Crippen LogP contribution is -2.46. The third kappa shape index (κ3) is 5.07. The fourth-order valence-corrected chi connectivity index (χ4v) is 3.53. The molecule has 0 unspecified atom stereocenters. The van der Waals surface area contributed by atoms with Gasteiger partial charge in [-0.2, -0.15) is 0 Å². The number of anilines is 2. The zero-order valence-electron chi connectivity index (χ0n) is 16.6. The topological polar surface area (TPSA) is 48.5 Å². The first-order chi connectivity index (χ1) is 13.0. The first-order valence-electron chi connectivity index (χ1n) is 9.81. The Bertz CT molecular complexity index is 747. The van der Waals surface area contributed by atoms with E-state index in [1.54, 1.807) is 0 Å². The number of nitrogens with zero attached hydrogens (tertiary/aromatic N) is 3. The molecule has 0 bridgehead atoms. The van der Waals surface area contributed by atoms with E-state index in [1.165, 1.54) is 5.56 Å². The minimum absolute atomic E-state index is 0.0848. The van der Waals surface area contributed by atoms with Gasteiger partial charge in [-0.3, -0.25) is 14.7 Å². The molecule has 1 aliphatic rings. The Balaban J connectivity index is 1.69. The highest BCUT2D eigenvalue weighted by atomic mass is 16.2. The summed E-state index contributed by atoms with van der Waals surface area (Å²) in [5.41, 5.74) is 3.17. The number of amides is 1. The summed E-state index contributed by atoms with van der Waals surface area (Å²) in [7, 11) is 2.07. The second kappa shape index (κ2) is 9.00. The van der Waals surface area contributed by atoms with Gasteiger partial charge in [-0.15, -0.1) is 0 Å². The molecule has 1 atom stereocenters. The van der Waals surface area contributed by atoms with Crippen LogP contribution in [0.25, 0.3) is 0 Å². The Kier molecular flexibility index (Phi) is 6.45. The van der Waals surface area contributed by atoms with Crippen LogP contribution in [0.5, 0.6) is 0 Å². The molecule has 1 aliphatic heterocycles. The molecule has 1 N–H and O–H groups in total. The Morgan fingerprint density at radius 2 is 2.04 bits per heavy atom. The van der Waals surface area contributed by atoms with Crippen LogP contribution >= 0.6 is 0 Å². The van der Waals surface area contributed by atoms with Gasteiger partial charge in [0.05, 0.1) is 6.04 Å². The van der Waals surface area contributed by atoms with Crippen LogP contribution in [-0.4, -0.2) is 41.5 Å². The molecule has 3 rings (SSSR count). The number of hydrogen-bond acceptors (Lipinski definition) is 4. The fraction of sp³-hybridized carbons (Fsp3) is 0.455. The summed E-state index contributed by atoms with van der Waals surface area (Å²) in [6.07, 6.45) is 6.77. The lowest BCUT2D eigenvalue weighted by Gasteiger charge is -2.34. The van der Waals surface area contributed by atoms with E-state index in [-0.39, 0.29) is 11.9 Å². The van der Waals surface area contributed by atoms with Crippen molar-refractivity contribution in [2.75, 3.05) is 23.8 Å². The van der Waals surface area contributed by atoms with Crippen molar-refractivity contribution in [1.82, 2.24) is 9.88 Å². The maximum atomic E-state index is 13.0. The number of rotatable bonds is 6. The van der Waals surface area contributed by atoms with Gasteiger partial charge >= 0.3 is 0 Å². The molecule has 144 valence electrons. The van der Waals surface area contributed by atoms with Crippen LogP contribution in [0.2, 0.25) is 0 Å². The monoisotopic (exact) mass is 366 g/mol. The van der Waals surface area contributed by atoms with Gasteiger partial charge in [0, 0.05) is 43.4 Å². The number of piperidine rings is 1. The van der Waals surface area contributed by atoms with E-state index in [4.69, 9.17) is 0 Å². The fourth-order valence-electron chi connectivity index (χ4n) is 3.53. The summed E-state index contributed by atoms with van der Waals surface area (Å²) < 4.78 is 0. The predicted molar refractivity (Wildman–Crippen MR) is 111 cm³/mol. The number of carbonyl (C=O) groups is 1. The predicted octanol–water partition coefficient (Wildman–Crippen LogP) is 3.92. The molecule has 27 heavy (non-hydrogen) atoms. The second-order valence-corrected chi connectivity index (χ2v) is 7.58. The number of aromatic nitrogens is 1. The number of benzene rings is 1. The zero-order valence-corrected chi connectivity index (χ0v) is 16.6. The lowest BCUT2D eigenvalue weighted by molar-refractivity contribution is -0.122. The van der Waals surface area contributed by atoms with Crippen LogP contribution in [0.15, 0.2) is 48.8 Å². The van der Waals surface area contributed by atoms with Crippen molar-refractivity contribution in [3.8, 4) is 0 Å². The molecular weight excluding hydrogens is 336 g/mol. The molecule has 1 aromatic carbocycles. The number of likely N-dealkylation sites (tertiary alicyclic amines) is 1. The molecule has 1 fully saturated rings. The smallest absolute Gasteiger partial charge is 0.241 e. The molecule has 1 aromatic heterocycles.